The van der Waals surface area contributed by atoms with Crippen molar-refractivity contribution in [1.29, 1.82) is 0 Å². The third-order valence-electron chi connectivity index (χ3n) is 1.21. The van der Waals surface area contributed by atoms with E-state index in [9.17, 15) is 0 Å². The lowest BCUT2D eigenvalue weighted by Gasteiger charge is -1.95. The second kappa shape index (κ2) is 3.66. The Labute approximate surface area is 76.2 Å². The molecule has 0 spiro atoms. The molecule has 0 aliphatic heterocycles. The maximum absolute atomic E-state index is 5.75. The zero-order valence-electron chi connectivity index (χ0n) is 5.93. The van der Waals surface area contributed by atoms with Crippen molar-refractivity contribution in [2.45, 2.75) is 6.92 Å². The first kappa shape index (κ1) is 8.45. The van der Waals surface area contributed by atoms with Crippen LogP contribution in [0.25, 0.3) is 0 Å². The average molecular weight is 184 g/mol. The van der Waals surface area contributed by atoms with E-state index >= 15 is 0 Å². The normalized spacial score (nSPS) is 8.64. The van der Waals surface area contributed by atoms with Crippen LogP contribution >= 0.6 is 24.2 Å². The number of pyridine rings is 1. The summed E-state index contributed by atoms with van der Waals surface area (Å²) in [4.78, 5) is 4.11. The quantitative estimate of drug-likeness (QED) is 0.481. The number of hydrogen-bond acceptors (Lipinski definition) is 2. The SMILES string of the molecule is Cc1nc(C#CS)ccc1Cl. The lowest BCUT2D eigenvalue weighted by molar-refractivity contribution is 1.18. The van der Waals surface area contributed by atoms with Gasteiger partial charge < -0.3 is 0 Å². The van der Waals surface area contributed by atoms with Crippen molar-refractivity contribution >= 4 is 24.2 Å². The molecule has 0 saturated heterocycles. The van der Waals surface area contributed by atoms with Crippen LogP contribution in [0.5, 0.6) is 0 Å². The Morgan fingerprint density at radius 3 is 2.82 bits per heavy atom. The fourth-order valence-electron chi connectivity index (χ4n) is 0.671. The lowest BCUT2D eigenvalue weighted by Crippen LogP contribution is -1.86. The van der Waals surface area contributed by atoms with Crippen molar-refractivity contribution in [3.05, 3.63) is 28.5 Å². The average Bonchev–Trinajstić information content (AvgIpc) is 1.98. The van der Waals surface area contributed by atoms with Crippen LogP contribution in [0, 0.1) is 18.1 Å². The molecule has 0 fully saturated rings. The van der Waals surface area contributed by atoms with E-state index in [2.05, 4.69) is 28.8 Å². The van der Waals surface area contributed by atoms with Crippen molar-refractivity contribution in [2.75, 3.05) is 0 Å². The van der Waals surface area contributed by atoms with Crippen LogP contribution in [0.15, 0.2) is 12.1 Å². The molecule has 0 bridgehead atoms. The zero-order valence-corrected chi connectivity index (χ0v) is 7.58. The van der Waals surface area contributed by atoms with Crippen LogP contribution < -0.4 is 0 Å². The molecule has 0 N–H and O–H groups in total. The Hall–Kier alpha value is -0.650. The fraction of sp³-hybridized carbons (Fsp3) is 0.125. The van der Waals surface area contributed by atoms with E-state index in [1.54, 1.807) is 12.1 Å². The molecule has 0 aliphatic rings. The fourth-order valence-corrected chi connectivity index (χ4v) is 0.891. The van der Waals surface area contributed by atoms with Gasteiger partial charge in [0.15, 0.2) is 0 Å². The topological polar surface area (TPSA) is 12.9 Å². The third-order valence-corrected chi connectivity index (χ3v) is 1.72. The zero-order chi connectivity index (χ0) is 8.27. The third kappa shape index (κ3) is 2.14. The minimum Gasteiger partial charge on any atom is -0.243 e. The van der Waals surface area contributed by atoms with Crippen molar-refractivity contribution in [1.82, 2.24) is 4.98 Å². The second-order valence-electron chi connectivity index (χ2n) is 2.00. The lowest BCUT2D eigenvalue weighted by atomic mass is 10.3. The van der Waals surface area contributed by atoms with Crippen molar-refractivity contribution in [3.63, 3.8) is 0 Å². The number of hydrogen-bond donors (Lipinski definition) is 1. The molecule has 0 saturated carbocycles. The number of halogens is 1. The van der Waals surface area contributed by atoms with E-state index in [1.165, 1.54) is 0 Å². The molecule has 0 unspecified atom stereocenters. The van der Waals surface area contributed by atoms with E-state index in [0.717, 1.165) is 5.69 Å². The summed E-state index contributed by atoms with van der Waals surface area (Å²) in [7, 11) is 0. The van der Waals surface area contributed by atoms with E-state index in [1.807, 2.05) is 6.92 Å². The van der Waals surface area contributed by atoms with Gasteiger partial charge >= 0.3 is 0 Å². The summed E-state index contributed by atoms with van der Waals surface area (Å²) >= 11 is 9.51. The second-order valence-corrected chi connectivity index (χ2v) is 2.63. The van der Waals surface area contributed by atoms with Gasteiger partial charge in [-0.3, -0.25) is 0 Å². The highest BCUT2D eigenvalue weighted by Crippen LogP contribution is 2.11. The van der Waals surface area contributed by atoms with Gasteiger partial charge in [0.2, 0.25) is 0 Å². The summed E-state index contributed by atoms with van der Waals surface area (Å²) < 4.78 is 0. The van der Waals surface area contributed by atoms with Crippen LogP contribution in [-0.2, 0) is 0 Å². The van der Waals surface area contributed by atoms with Gasteiger partial charge in [0.25, 0.3) is 0 Å². The molecular formula is C8H6ClNS. The van der Waals surface area contributed by atoms with Gasteiger partial charge in [0.1, 0.15) is 5.69 Å². The Kier molecular flexibility index (Phi) is 2.81. The molecule has 0 aliphatic carbocycles. The van der Waals surface area contributed by atoms with Crippen molar-refractivity contribution < 1.29 is 0 Å². The monoisotopic (exact) mass is 183 g/mol. The van der Waals surface area contributed by atoms with Gasteiger partial charge in [0.05, 0.1) is 10.7 Å². The van der Waals surface area contributed by atoms with Crippen molar-refractivity contribution in [2.24, 2.45) is 0 Å². The number of aryl methyl sites for hydroxylation is 1. The molecule has 0 radical (unpaired) electrons. The first-order valence-corrected chi connectivity index (χ1v) is 3.85. The van der Waals surface area contributed by atoms with Crippen LogP contribution in [0.2, 0.25) is 5.02 Å². The Bertz CT molecular complexity index is 325. The molecule has 1 heterocycles. The smallest absolute Gasteiger partial charge is 0.114 e. The Balaban J connectivity index is 3.12. The van der Waals surface area contributed by atoms with Gasteiger partial charge in [-0.15, -0.1) is 0 Å². The van der Waals surface area contributed by atoms with E-state index in [-0.39, 0.29) is 0 Å². The van der Waals surface area contributed by atoms with Gasteiger partial charge in [-0.25, -0.2) is 4.98 Å². The first-order chi connectivity index (χ1) is 5.24. The summed E-state index contributed by atoms with van der Waals surface area (Å²) in [6.07, 6.45) is 0. The highest BCUT2D eigenvalue weighted by atomic mass is 35.5. The molecule has 1 aromatic rings. The number of aromatic nitrogens is 1. The van der Waals surface area contributed by atoms with Crippen LogP contribution in [0.1, 0.15) is 11.4 Å². The molecule has 1 nitrogen and oxygen atoms in total. The number of thiol groups is 1. The molecule has 56 valence electrons. The highest BCUT2D eigenvalue weighted by Gasteiger charge is 1.95. The van der Waals surface area contributed by atoms with Crippen LogP contribution in [0.4, 0.5) is 0 Å². The van der Waals surface area contributed by atoms with Gasteiger partial charge in [0, 0.05) is 0 Å². The molecule has 3 heteroatoms. The van der Waals surface area contributed by atoms with Gasteiger partial charge in [-0.2, -0.15) is 0 Å². The molecule has 0 amide bonds. The van der Waals surface area contributed by atoms with Crippen LogP contribution in [0.3, 0.4) is 0 Å². The maximum atomic E-state index is 5.75. The molecule has 0 atom stereocenters. The Morgan fingerprint density at radius 2 is 2.27 bits per heavy atom. The largest absolute Gasteiger partial charge is 0.243 e. The molecular weight excluding hydrogens is 178 g/mol. The summed E-state index contributed by atoms with van der Waals surface area (Å²) in [5.41, 5.74) is 1.49. The molecule has 0 aromatic carbocycles. The molecule has 11 heavy (non-hydrogen) atoms. The minimum atomic E-state index is 0.662. The van der Waals surface area contributed by atoms with E-state index in [4.69, 9.17) is 11.6 Å². The number of nitrogens with zero attached hydrogens (tertiary/aromatic N) is 1. The van der Waals surface area contributed by atoms with Crippen LogP contribution in [-0.4, -0.2) is 4.98 Å². The molecule has 1 rings (SSSR count). The summed E-state index contributed by atoms with van der Waals surface area (Å²) in [5.74, 6) is 2.72. The van der Waals surface area contributed by atoms with Crippen molar-refractivity contribution in [3.8, 4) is 11.2 Å². The first-order valence-electron chi connectivity index (χ1n) is 3.02. The standard InChI is InChI=1S/C8H6ClNS/c1-6-8(9)3-2-7(10-6)4-5-11/h2-3,11H,1H3. The summed E-state index contributed by atoms with van der Waals surface area (Å²) in [6.45, 7) is 1.84. The summed E-state index contributed by atoms with van der Waals surface area (Å²) in [6, 6.07) is 3.54. The van der Waals surface area contributed by atoms with E-state index < -0.39 is 0 Å². The maximum Gasteiger partial charge on any atom is 0.114 e. The highest BCUT2D eigenvalue weighted by molar-refractivity contribution is 7.85. The summed E-state index contributed by atoms with van der Waals surface area (Å²) in [5, 5.41) is 3.13. The van der Waals surface area contributed by atoms with Gasteiger partial charge in [-0.05, 0) is 30.2 Å². The Morgan fingerprint density at radius 1 is 1.55 bits per heavy atom. The van der Waals surface area contributed by atoms with E-state index in [0.29, 0.717) is 10.7 Å². The minimum absolute atomic E-state index is 0.662. The number of rotatable bonds is 0. The molecule has 1 aromatic heterocycles. The van der Waals surface area contributed by atoms with Gasteiger partial charge in [-0.1, -0.05) is 24.2 Å². The predicted octanol–water partition coefficient (Wildman–Crippen LogP) is 2.28. The predicted molar refractivity (Wildman–Crippen MR) is 49.8 cm³/mol.